The molecule has 1 rings (SSSR count). The van der Waals surface area contributed by atoms with Crippen LogP contribution in [0.5, 0.6) is 5.75 Å². The zero-order chi connectivity index (χ0) is 12.5. The van der Waals surface area contributed by atoms with Gasteiger partial charge in [-0.05, 0) is 31.9 Å². The fraction of sp³-hybridized carbons (Fsp3) is 0.333. The number of carbonyl (C=O) groups excluding carboxylic acids is 2. The van der Waals surface area contributed by atoms with Crippen LogP contribution in [-0.2, 0) is 4.74 Å². The van der Waals surface area contributed by atoms with E-state index in [1.807, 2.05) is 0 Å². The van der Waals surface area contributed by atoms with Crippen molar-refractivity contribution in [1.82, 2.24) is 0 Å². The molecular weight excluding hydrogens is 208 g/mol. The molecule has 0 aliphatic rings. The van der Waals surface area contributed by atoms with Crippen molar-refractivity contribution in [2.24, 2.45) is 0 Å². The third-order valence-electron chi connectivity index (χ3n) is 2.44. The molecule has 0 radical (unpaired) electrons. The Morgan fingerprint density at radius 2 is 1.69 bits per heavy atom. The van der Waals surface area contributed by atoms with E-state index < -0.39 is 5.97 Å². The van der Waals surface area contributed by atoms with E-state index in [2.05, 4.69) is 4.74 Å². The maximum atomic E-state index is 11.4. The van der Waals surface area contributed by atoms with Crippen LogP contribution in [0.15, 0.2) is 6.07 Å². The van der Waals surface area contributed by atoms with Crippen molar-refractivity contribution in [1.29, 1.82) is 0 Å². The van der Waals surface area contributed by atoms with Crippen molar-refractivity contribution < 1.29 is 19.4 Å². The van der Waals surface area contributed by atoms with E-state index in [0.29, 0.717) is 11.1 Å². The van der Waals surface area contributed by atoms with E-state index in [-0.39, 0.29) is 22.7 Å². The normalized spacial score (nSPS) is 10.0. The van der Waals surface area contributed by atoms with Gasteiger partial charge in [0.25, 0.3) is 0 Å². The Balaban J connectivity index is 3.57. The van der Waals surface area contributed by atoms with Gasteiger partial charge >= 0.3 is 5.97 Å². The van der Waals surface area contributed by atoms with Crippen LogP contribution in [0, 0.1) is 13.8 Å². The van der Waals surface area contributed by atoms with Crippen LogP contribution in [0.25, 0.3) is 0 Å². The molecule has 0 bridgehead atoms. The number of methoxy groups -OCH3 is 1. The predicted octanol–water partition coefficient (Wildman–Crippen LogP) is 2.00. The number of rotatable bonds is 2. The Morgan fingerprint density at radius 1 is 1.19 bits per heavy atom. The van der Waals surface area contributed by atoms with Gasteiger partial charge in [-0.15, -0.1) is 0 Å². The lowest BCUT2D eigenvalue weighted by Crippen LogP contribution is -2.08. The average molecular weight is 222 g/mol. The quantitative estimate of drug-likeness (QED) is 0.614. The van der Waals surface area contributed by atoms with Gasteiger partial charge in [-0.25, -0.2) is 4.79 Å². The minimum absolute atomic E-state index is 0.0540. The zero-order valence-corrected chi connectivity index (χ0v) is 9.75. The summed E-state index contributed by atoms with van der Waals surface area (Å²) in [7, 11) is 1.23. The first-order chi connectivity index (χ1) is 7.40. The van der Waals surface area contributed by atoms with Crippen LogP contribution >= 0.6 is 0 Å². The molecule has 0 saturated carbocycles. The molecule has 16 heavy (non-hydrogen) atoms. The van der Waals surface area contributed by atoms with Crippen molar-refractivity contribution in [3.63, 3.8) is 0 Å². The summed E-state index contributed by atoms with van der Waals surface area (Å²) < 4.78 is 4.56. The van der Waals surface area contributed by atoms with Gasteiger partial charge in [-0.2, -0.15) is 0 Å². The molecule has 0 aliphatic carbocycles. The van der Waals surface area contributed by atoms with Gasteiger partial charge in [-0.3, -0.25) is 4.79 Å². The number of carbonyl (C=O) groups is 2. The molecule has 4 nitrogen and oxygen atoms in total. The number of hydrogen-bond acceptors (Lipinski definition) is 4. The number of phenolic OH excluding ortho intramolecular Hbond substituents is 1. The van der Waals surface area contributed by atoms with Crippen molar-refractivity contribution >= 4 is 11.8 Å². The molecule has 4 heteroatoms. The van der Waals surface area contributed by atoms with Crippen LogP contribution in [0.4, 0.5) is 0 Å². The monoisotopic (exact) mass is 222 g/mol. The first-order valence-electron chi connectivity index (χ1n) is 4.82. The van der Waals surface area contributed by atoms with E-state index >= 15 is 0 Å². The Hall–Kier alpha value is -1.84. The molecule has 0 spiro atoms. The fourth-order valence-electron chi connectivity index (χ4n) is 1.77. The number of hydrogen-bond donors (Lipinski definition) is 1. The fourth-order valence-corrected chi connectivity index (χ4v) is 1.77. The molecule has 0 heterocycles. The molecule has 0 atom stereocenters. The summed E-state index contributed by atoms with van der Waals surface area (Å²) in [5.74, 6) is -1.21. The minimum atomic E-state index is -0.641. The van der Waals surface area contributed by atoms with Gasteiger partial charge in [0.05, 0.1) is 12.7 Å². The maximum Gasteiger partial charge on any atom is 0.341 e. The van der Waals surface area contributed by atoms with Crippen molar-refractivity contribution in [2.75, 3.05) is 7.11 Å². The van der Waals surface area contributed by atoms with Crippen LogP contribution < -0.4 is 0 Å². The Bertz CT molecular complexity index is 461. The molecule has 0 aliphatic heterocycles. The largest absolute Gasteiger partial charge is 0.506 e. The summed E-state index contributed by atoms with van der Waals surface area (Å²) in [5.41, 5.74) is 1.46. The summed E-state index contributed by atoms with van der Waals surface area (Å²) in [5, 5.41) is 9.90. The maximum absolute atomic E-state index is 11.4. The Labute approximate surface area is 93.9 Å². The first kappa shape index (κ1) is 12.2. The van der Waals surface area contributed by atoms with Crippen LogP contribution in [0.3, 0.4) is 0 Å². The van der Waals surface area contributed by atoms with Crippen molar-refractivity contribution in [2.45, 2.75) is 20.8 Å². The summed E-state index contributed by atoms with van der Waals surface area (Å²) in [6, 6.07) is 1.68. The van der Waals surface area contributed by atoms with Crippen molar-refractivity contribution in [3.8, 4) is 5.75 Å². The number of ether oxygens (including phenoxy) is 1. The molecule has 0 unspecified atom stereocenters. The zero-order valence-electron chi connectivity index (χ0n) is 9.75. The SMILES string of the molecule is COC(=O)c1c(C)cc(C)c(C(C)=O)c1O. The highest BCUT2D eigenvalue weighted by Gasteiger charge is 2.21. The van der Waals surface area contributed by atoms with Crippen molar-refractivity contribution in [3.05, 3.63) is 28.3 Å². The number of aryl methyl sites for hydroxylation is 2. The number of phenols is 1. The second-order valence-corrected chi connectivity index (χ2v) is 3.66. The van der Waals surface area contributed by atoms with Gasteiger partial charge in [0.1, 0.15) is 11.3 Å². The lowest BCUT2D eigenvalue weighted by Gasteiger charge is -2.12. The Morgan fingerprint density at radius 3 is 2.12 bits per heavy atom. The topological polar surface area (TPSA) is 63.6 Å². The number of aromatic hydroxyl groups is 1. The summed E-state index contributed by atoms with van der Waals surface area (Å²) in [6.45, 7) is 4.74. The van der Waals surface area contributed by atoms with Crippen LogP contribution in [0.1, 0.15) is 38.8 Å². The highest BCUT2D eigenvalue weighted by molar-refractivity contribution is 6.04. The standard InChI is InChI=1S/C12H14O4/c1-6-5-7(2)10(12(15)16-4)11(14)9(6)8(3)13/h5,14H,1-4H3. The number of Topliss-reactive ketones (excluding diaryl/α,β-unsaturated/α-hetero) is 1. The van der Waals surface area contributed by atoms with E-state index in [1.54, 1.807) is 19.9 Å². The summed E-state index contributed by atoms with van der Waals surface area (Å²) in [4.78, 5) is 22.8. The molecule has 0 aromatic heterocycles. The summed E-state index contributed by atoms with van der Waals surface area (Å²) in [6.07, 6.45) is 0. The average Bonchev–Trinajstić information content (AvgIpc) is 2.15. The lowest BCUT2D eigenvalue weighted by atomic mass is 9.96. The third-order valence-corrected chi connectivity index (χ3v) is 2.44. The molecular formula is C12H14O4. The molecule has 0 saturated heterocycles. The van der Waals surface area contributed by atoms with E-state index in [1.165, 1.54) is 14.0 Å². The Kier molecular flexibility index (Phi) is 3.32. The van der Waals surface area contributed by atoms with E-state index in [9.17, 15) is 14.7 Å². The highest BCUT2D eigenvalue weighted by Crippen LogP contribution is 2.29. The second-order valence-electron chi connectivity index (χ2n) is 3.66. The van der Waals surface area contributed by atoms with E-state index in [0.717, 1.165) is 0 Å². The lowest BCUT2D eigenvalue weighted by molar-refractivity contribution is 0.0596. The smallest absolute Gasteiger partial charge is 0.341 e. The van der Waals surface area contributed by atoms with Gasteiger partial charge in [0, 0.05) is 0 Å². The molecule has 0 amide bonds. The first-order valence-corrected chi connectivity index (χ1v) is 4.82. The highest BCUT2D eigenvalue weighted by atomic mass is 16.5. The summed E-state index contributed by atoms with van der Waals surface area (Å²) >= 11 is 0. The van der Waals surface area contributed by atoms with Gasteiger partial charge in [0.2, 0.25) is 0 Å². The predicted molar refractivity (Wildman–Crippen MR) is 58.9 cm³/mol. The molecule has 1 aromatic carbocycles. The minimum Gasteiger partial charge on any atom is -0.506 e. The number of benzene rings is 1. The van der Waals surface area contributed by atoms with Gasteiger partial charge in [0.15, 0.2) is 5.78 Å². The second kappa shape index (κ2) is 4.35. The van der Waals surface area contributed by atoms with Gasteiger partial charge in [-0.1, -0.05) is 6.07 Å². The number of esters is 1. The van der Waals surface area contributed by atoms with Crippen LogP contribution in [-0.4, -0.2) is 24.0 Å². The molecule has 1 aromatic rings. The molecule has 0 fully saturated rings. The number of ketones is 1. The third kappa shape index (κ3) is 1.91. The van der Waals surface area contributed by atoms with Gasteiger partial charge < -0.3 is 9.84 Å². The van der Waals surface area contributed by atoms with E-state index in [4.69, 9.17) is 0 Å². The van der Waals surface area contributed by atoms with Crippen LogP contribution in [0.2, 0.25) is 0 Å². The molecule has 86 valence electrons. The molecule has 1 N–H and O–H groups in total.